The Balaban J connectivity index is 1.42. The third-order valence-corrected chi connectivity index (χ3v) is 6.28. The molecule has 2 aliphatic heterocycles. The van der Waals surface area contributed by atoms with Gasteiger partial charge in [0.25, 0.3) is 0 Å². The molecule has 0 bridgehead atoms. The maximum Gasteiger partial charge on any atom is 0.415 e. The van der Waals surface area contributed by atoms with E-state index in [2.05, 4.69) is 4.98 Å². The van der Waals surface area contributed by atoms with Gasteiger partial charge in [0.05, 0.1) is 17.7 Å². The maximum absolute atomic E-state index is 15.0. The number of pyridine rings is 1. The Morgan fingerprint density at radius 2 is 1.94 bits per heavy atom. The number of hydrogen-bond acceptors (Lipinski definition) is 6. The first-order valence-electron chi connectivity index (χ1n) is 10.7. The number of nitrogens with one attached hydrogen (secondary N) is 1. The first kappa shape index (κ1) is 21.5. The molecule has 34 heavy (non-hydrogen) atoms. The van der Waals surface area contributed by atoms with Crippen LogP contribution in [0.1, 0.15) is 21.5 Å². The quantitative estimate of drug-likeness (QED) is 0.613. The molecule has 1 amide bonds. The van der Waals surface area contributed by atoms with Crippen LogP contribution >= 0.6 is 0 Å². The highest BCUT2D eigenvalue weighted by atomic mass is 19.1. The zero-order valence-electron chi connectivity index (χ0n) is 17.9. The Hall–Kier alpha value is -4.39. The number of fused-ring (bicyclic) bond motifs is 2. The molecule has 2 N–H and O–H groups in total. The van der Waals surface area contributed by atoms with Crippen LogP contribution in [0.3, 0.4) is 0 Å². The molecule has 9 nitrogen and oxygen atoms in total. The second-order valence-corrected chi connectivity index (χ2v) is 8.24. The van der Waals surface area contributed by atoms with Gasteiger partial charge in [0.2, 0.25) is 11.5 Å². The molecule has 172 valence electrons. The van der Waals surface area contributed by atoms with Gasteiger partial charge in [0.1, 0.15) is 17.4 Å². The number of carboxylic acids is 1. The number of anilines is 2. The molecule has 0 aliphatic carbocycles. The number of aromatic amines is 1. The maximum atomic E-state index is 15.0. The van der Waals surface area contributed by atoms with Gasteiger partial charge in [0, 0.05) is 30.4 Å². The molecule has 10 heteroatoms. The zero-order chi connectivity index (χ0) is 24.0. The topological polar surface area (TPSA) is 127 Å². The Morgan fingerprint density at radius 3 is 2.65 bits per heavy atom. The van der Waals surface area contributed by atoms with Crippen molar-refractivity contribution < 1.29 is 23.8 Å². The van der Waals surface area contributed by atoms with E-state index in [9.17, 15) is 14.4 Å². The van der Waals surface area contributed by atoms with Gasteiger partial charge in [-0.3, -0.25) is 9.69 Å². The molecule has 1 atom stereocenters. The van der Waals surface area contributed by atoms with Gasteiger partial charge in [-0.05, 0) is 48.2 Å². The van der Waals surface area contributed by atoms with Crippen molar-refractivity contribution in [2.75, 3.05) is 29.4 Å². The molecule has 1 fully saturated rings. The average molecular weight is 462 g/mol. The summed E-state index contributed by atoms with van der Waals surface area (Å²) >= 11 is 0. The summed E-state index contributed by atoms with van der Waals surface area (Å²) in [5.41, 5.74) is 2.25. The van der Waals surface area contributed by atoms with E-state index in [1.54, 1.807) is 0 Å². The number of nitriles is 1. The molecule has 3 heterocycles. The van der Waals surface area contributed by atoms with Crippen LogP contribution in [-0.4, -0.2) is 47.9 Å². The largest absolute Gasteiger partial charge is 0.477 e. The van der Waals surface area contributed by atoms with E-state index in [-0.39, 0.29) is 11.9 Å². The number of carbonyl (C=O) groups excluding carboxylic acids is 1. The number of aromatic nitrogens is 1. The summed E-state index contributed by atoms with van der Waals surface area (Å²) in [5, 5.41) is 18.1. The minimum atomic E-state index is -1.37. The number of cyclic esters (lactones) is 1. The van der Waals surface area contributed by atoms with Crippen molar-refractivity contribution in [1.29, 1.82) is 5.26 Å². The number of aromatic carboxylic acids is 1. The van der Waals surface area contributed by atoms with E-state index in [4.69, 9.17) is 15.1 Å². The van der Waals surface area contributed by atoms with Crippen molar-refractivity contribution >= 4 is 34.3 Å². The highest BCUT2D eigenvalue weighted by Gasteiger charge is 2.32. The van der Waals surface area contributed by atoms with E-state index in [0.29, 0.717) is 42.8 Å². The molecule has 0 radical (unpaired) electrons. The predicted molar refractivity (Wildman–Crippen MR) is 121 cm³/mol. The monoisotopic (exact) mass is 462 g/mol. The molecule has 3 aromatic rings. The number of rotatable bonds is 3. The highest BCUT2D eigenvalue weighted by Crippen LogP contribution is 2.29. The number of carboxylic acid groups (broad SMARTS) is 1. The van der Waals surface area contributed by atoms with Gasteiger partial charge in [-0.2, -0.15) is 5.26 Å². The molecule has 1 unspecified atom stereocenters. The summed E-state index contributed by atoms with van der Waals surface area (Å²) in [7, 11) is 0. The molecular formula is C24H19FN4O5. The van der Waals surface area contributed by atoms with Gasteiger partial charge in [-0.1, -0.05) is 6.07 Å². The lowest BCUT2D eigenvalue weighted by Gasteiger charge is -2.23. The number of amides is 1. The molecule has 0 spiro atoms. The zero-order valence-corrected chi connectivity index (χ0v) is 17.9. The van der Waals surface area contributed by atoms with Crippen molar-refractivity contribution in [3.05, 3.63) is 69.3 Å². The molecule has 5 rings (SSSR count). The summed E-state index contributed by atoms with van der Waals surface area (Å²) in [4.78, 5) is 41.8. The van der Waals surface area contributed by atoms with E-state index >= 15 is 4.39 Å². The average Bonchev–Trinajstić information content (AvgIpc) is 3.07. The van der Waals surface area contributed by atoms with Crippen LogP contribution in [0.2, 0.25) is 0 Å². The summed E-state index contributed by atoms with van der Waals surface area (Å²) < 4.78 is 20.1. The lowest BCUT2D eigenvalue weighted by Crippen LogP contribution is -2.27. The van der Waals surface area contributed by atoms with Gasteiger partial charge < -0.3 is 19.7 Å². The minimum absolute atomic E-state index is 0.0166. The fourth-order valence-electron chi connectivity index (χ4n) is 4.49. The Kier molecular flexibility index (Phi) is 5.17. The predicted octanol–water partition coefficient (Wildman–Crippen LogP) is 2.82. The normalized spacial score (nSPS) is 17.8. The van der Waals surface area contributed by atoms with Crippen LogP contribution in [0.15, 0.2) is 41.3 Å². The van der Waals surface area contributed by atoms with Gasteiger partial charge in [-0.15, -0.1) is 0 Å². The fraction of sp³-hybridized carbons (Fsp3) is 0.250. The summed E-state index contributed by atoms with van der Waals surface area (Å²) in [6.07, 6.45) is 1.01. The molecule has 2 aliphatic rings. The molecular weight excluding hydrogens is 443 g/mol. The van der Waals surface area contributed by atoms with Gasteiger partial charge in [-0.25, -0.2) is 14.0 Å². The Morgan fingerprint density at radius 1 is 1.18 bits per heavy atom. The van der Waals surface area contributed by atoms with E-state index < -0.39 is 35.0 Å². The van der Waals surface area contributed by atoms with Crippen molar-refractivity contribution in [3.8, 4) is 6.07 Å². The first-order chi connectivity index (χ1) is 16.4. The second kappa shape index (κ2) is 8.19. The molecule has 1 aromatic heterocycles. The highest BCUT2D eigenvalue weighted by molar-refractivity contribution is 5.93. The lowest BCUT2D eigenvalue weighted by molar-refractivity contribution is 0.0695. The lowest BCUT2D eigenvalue weighted by atomic mass is 10.0. The molecule has 1 saturated heterocycles. The molecule has 0 saturated carbocycles. The van der Waals surface area contributed by atoms with Crippen molar-refractivity contribution in [2.24, 2.45) is 0 Å². The SMILES string of the molecule is N#CC1CN(c2ccc3c(c2)CCN(c2cc4[nH]cc(C(=O)O)c(=O)c4cc2F)CC3)C(=O)O1. The molecule has 2 aromatic carbocycles. The van der Waals surface area contributed by atoms with E-state index in [0.717, 1.165) is 23.4 Å². The smallest absolute Gasteiger partial charge is 0.415 e. The second-order valence-electron chi connectivity index (χ2n) is 8.24. The summed E-state index contributed by atoms with van der Waals surface area (Å²) in [6, 6.07) is 10.2. The number of ether oxygens (including phenoxy) is 1. The van der Waals surface area contributed by atoms with Crippen molar-refractivity contribution in [1.82, 2.24) is 4.98 Å². The fourth-order valence-corrected chi connectivity index (χ4v) is 4.49. The van der Waals surface area contributed by atoms with Crippen molar-refractivity contribution in [2.45, 2.75) is 18.9 Å². The van der Waals surface area contributed by atoms with Crippen molar-refractivity contribution in [3.63, 3.8) is 0 Å². The van der Waals surface area contributed by atoms with Crippen LogP contribution in [0.4, 0.5) is 20.6 Å². The van der Waals surface area contributed by atoms with E-state index in [1.165, 1.54) is 11.0 Å². The summed E-state index contributed by atoms with van der Waals surface area (Å²) in [6.45, 7) is 1.21. The minimum Gasteiger partial charge on any atom is -0.477 e. The number of carbonyl (C=O) groups is 2. The number of nitrogens with zero attached hydrogens (tertiary/aromatic N) is 3. The Labute approximate surface area is 192 Å². The van der Waals surface area contributed by atoms with Crippen LogP contribution in [0.5, 0.6) is 0 Å². The number of halogens is 1. The van der Waals surface area contributed by atoms with E-state index in [1.807, 2.05) is 29.2 Å². The standard InChI is InChI=1S/C24H19FN4O5/c25-19-8-17-20(27-11-18(22(17)30)23(31)32)9-21(19)28-5-3-13-1-2-15(7-14(13)4-6-28)29-12-16(10-26)34-24(29)33/h1-2,7-9,11,16H,3-6,12H2,(H,27,30)(H,31,32). The Bertz CT molecular complexity index is 1440. The third kappa shape index (κ3) is 3.61. The number of H-pyrrole nitrogens is 1. The van der Waals surface area contributed by atoms with Gasteiger partial charge >= 0.3 is 12.1 Å². The number of benzene rings is 2. The van der Waals surface area contributed by atoms with Gasteiger partial charge in [0.15, 0.2) is 0 Å². The van der Waals surface area contributed by atoms with Crippen LogP contribution in [0, 0.1) is 17.1 Å². The van der Waals surface area contributed by atoms with Crippen LogP contribution in [-0.2, 0) is 17.6 Å². The third-order valence-electron chi connectivity index (χ3n) is 6.28. The first-order valence-corrected chi connectivity index (χ1v) is 10.7. The summed E-state index contributed by atoms with van der Waals surface area (Å²) in [5.74, 6) is -1.97. The number of hydrogen-bond donors (Lipinski definition) is 2. The van der Waals surface area contributed by atoms with Crippen LogP contribution in [0.25, 0.3) is 10.9 Å². The van der Waals surface area contributed by atoms with Crippen LogP contribution < -0.4 is 15.2 Å².